The molecule has 0 aliphatic rings. The first-order valence-electron chi connectivity index (χ1n) is 6.47. The molecule has 0 spiro atoms. The molecule has 0 saturated carbocycles. The highest BCUT2D eigenvalue weighted by Crippen LogP contribution is 2.16. The van der Waals surface area contributed by atoms with Crippen LogP contribution in [0.15, 0.2) is 53.4 Å². The maximum Gasteiger partial charge on any atom is 0.238 e. The largest absolute Gasteiger partial charge is 0.306 e. The van der Waals surface area contributed by atoms with Crippen LogP contribution in [-0.4, -0.2) is 8.42 Å². The summed E-state index contributed by atoms with van der Waals surface area (Å²) in [4.78, 5) is 0.0944. The van der Waals surface area contributed by atoms with Gasteiger partial charge in [-0.15, -0.1) is 0 Å². The minimum Gasteiger partial charge on any atom is -0.306 e. The third-order valence-electron chi connectivity index (χ3n) is 3.23. The summed E-state index contributed by atoms with van der Waals surface area (Å²) in [7, 11) is -3.66. The molecule has 0 saturated heterocycles. The van der Waals surface area contributed by atoms with Gasteiger partial charge in [-0.2, -0.15) is 0 Å². The fraction of sp³-hybridized carbons (Fsp3) is 0.200. The van der Waals surface area contributed by atoms with E-state index in [1.54, 1.807) is 24.3 Å². The average molecular weight is 308 g/mol. The molecular formula is C15H17FN2O2S. The Morgan fingerprint density at radius 2 is 1.67 bits per heavy atom. The van der Waals surface area contributed by atoms with Crippen molar-refractivity contribution in [3.63, 3.8) is 0 Å². The van der Waals surface area contributed by atoms with Crippen LogP contribution >= 0.6 is 0 Å². The standard InChI is InChI=1S/C15H17FN2O2S/c1-11(18-10-12-2-6-14(16)7-3-12)13-4-8-15(9-5-13)21(17,19)20/h2-9,11,18H,10H2,1H3,(H2,17,19,20). The summed E-state index contributed by atoms with van der Waals surface area (Å²) in [5.41, 5.74) is 1.92. The predicted octanol–water partition coefficient (Wildman–Crippen LogP) is 2.32. The van der Waals surface area contributed by atoms with Crippen LogP contribution < -0.4 is 10.5 Å². The molecule has 1 atom stereocenters. The normalized spacial score (nSPS) is 13.1. The lowest BCUT2D eigenvalue weighted by atomic mass is 10.1. The van der Waals surface area contributed by atoms with E-state index in [2.05, 4.69) is 5.32 Å². The molecule has 112 valence electrons. The van der Waals surface area contributed by atoms with Crippen LogP contribution in [0.1, 0.15) is 24.1 Å². The quantitative estimate of drug-likeness (QED) is 0.890. The second kappa shape index (κ2) is 6.34. The van der Waals surface area contributed by atoms with E-state index >= 15 is 0 Å². The molecule has 6 heteroatoms. The minimum atomic E-state index is -3.66. The first-order chi connectivity index (χ1) is 9.86. The molecule has 4 nitrogen and oxygen atoms in total. The molecule has 3 N–H and O–H groups in total. The summed E-state index contributed by atoms with van der Waals surface area (Å²) in [6.45, 7) is 2.56. The van der Waals surface area contributed by atoms with Gasteiger partial charge in [0.05, 0.1) is 4.90 Å². The molecule has 2 aromatic carbocycles. The number of rotatable bonds is 5. The van der Waals surface area contributed by atoms with Crippen LogP contribution in [0.25, 0.3) is 0 Å². The second-order valence-electron chi connectivity index (χ2n) is 4.84. The van der Waals surface area contributed by atoms with Crippen LogP contribution in [-0.2, 0) is 16.6 Å². The van der Waals surface area contributed by atoms with Gasteiger partial charge >= 0.3 is 0 Å². The number of sulfonamides is 1. The second-order valence-corrected chi connectivity index (χ2v) is 6.40. The molecule has 21 heavy (non-hydrogen) atoms. The summed E-state index contributed by atoms with van der Waals surface area (Å²) >= 11 is 0. The van der Waals surface area contributed by atoms with Crippen molar-refractivity contribution in [1.82, 2.24) is 5.32 Å². The Labute approximate surface area is 123 Å². The van der Waals surface area contributed by atoms with Gasteiger partial charge in [-0.25, -0.2) is 17.9 Å². The van der Waals surface area contributed by atoms with Crippen LogP contribution in [0, 0.1) is 5.82 Å². The van der Waals surface area contributed by atoms with Crippen LogP contribution in [0.4, 0.5) is 4.39 Å². The number of primary sulfonamides is 1. The van der Waals surface area contributed by atoms with E-state index in [-0.39, 0.29) is 16.8 Å². The van der Waals surface area contributed by atoms with Gasteiger partial charge < -0.3 is 5.32 Å². The number of nitrogens with one attached hydrogen (secondary N) is 1. The van der Waals surface area contributed by atoms with Crippen molar-refractivity contribution in [2.45, 2.75) is 24.4 Å². The lowest BCUT2D eigenvalue weighted by Gasteiger charge is -2.14. The van der Waals surface area contributed by atoms with Crippen molar-refractivity contribution < 1.29 is 12.8 Å². The van der Waals surface area contributed by atoms with Gasteiger partial charge in [0.25, 0.3) is 0 Å². The molecule has 0 amide bonds. The number of nitrogens with two attached hydrogens (primary N) is 1. The fourth-order valence-corrected chi connectivity index (χ4v) is 2.45. The monoisotopic (exact) mass is 308 g/mol. The van der Waals surface area contributed by atoms with Gasteiger partial charge in [0.15, 0.2) is 0 Å². The Morgan fingerprint density at radius 1 is 1.10 bits per heavy atom. The summed E-state index contributed by atoms with van der Waals surface area (Å²) in [5, 5.41) is 8.35. The van der Waals surface area contributed by atoms with Crippen LogP contribution in [0.3, 0.4) is 0 Å². The zero-order valence-corrected chi connectivity index (χ0v) is 12.4. The molecule has 0 aliphatic heterocycles. The zero-order valence-electron chi connectivity index (χ0n) is 11.6. The van der Waals surface area contributed by atoms with E-state index in [4.69, 9.17) is 5.14 Å². The Bertz CT molecular complexity index is 697. The molecule has 2 aromatic rings. The first kappa shape index (κ1) is 15.6. The third kappa shape index (κ3) is 4.35. The van der Waals surface area contributed by atoms with Crippen molar-refractivity contribution in [3.05, 3.63) is 65.5 Å². The lowest BCUT2D eigenvalue weighted by Crippen LogP contribution is -2.18. The highest BCUT2D eigenvalue weighted by molar-refractivity contribution is 7.89. The molecule has 0 heterocycles. The molecule has 0 fully saturated rings. The number of benzene rings is 2. The summed E-state index contributed by atoms with van der Waals surface area (Å²) in [6, 6.07) is 12.7. The summed E-state index contributed by atoms with van der Waals surface area (Å²) < 4.78 is 35.2. The van der Waals surface area contributed by atoms with Gasteiger partial charge in [-0.05, 0) is 42.3 Å². The van der Waals surface area contributed by atoms with Gasteiger partial charge in [0.2, 0.25) is 10.0 Å². The van der Waals surface area contributed by atoms with E-state index in [1.807, 2.05) is 6.92 Å². The maximum atomic E-state index is 12.8. The lowest BCUT2D eigenvalue weighted by molar-refractivity contribution is 0.572. The Balaban J connectivity index is 2.00. The molecule has 0 bridgehead atoms. The molecular weight excluding hydrogens is 291 g/mol. The molecule has 1 unspecified atom stereocenters. The van der Waals surface area contributed by atoms with Gasteiger partial charge in [0, 0.05) is 12.6 Å². The zero-order chi connectivity index (χ0) is 15.5. The highest BCUT2D eigenvalue weighted by Gasteiger charge is 2.09. The predicted molar refractivity (Wildman–Crippen MR) is 79.5 cm³/mol. The van der Waals surface area contributed by atoms with E-state index in [0.717, 1.165) is 11.1 Å². The fourth-order valence-electron chi connectivity index (χ4n) is 1.94. The van der Waals surface area contributed by atoms with E-state index < -0.39 is 10.0 Å². The number of halogens is 1. The first-order valence-corrected chi connectivity index (χ1v) is 8.01. The smallest absolute Gasteiger partial charge is 0.238 e. The van der Waals surface area contributed by atoms with Crippen LogP contribution in [0.5, 0.6) is 0 Å². The summed E-state index contributed by atoms with van der Waals surface area (Å²) in [6.07, 6.45) is 0. The Kier molecular flexibility index (Phi) is 4.72. The van der Waals surface area contributed by atoms with Gasteiger partial charge in [-0.1, -0.05) is 24.3 Å². The van der Waals surface area contributed by atoms with Crippen molar-refractivity contribution in [1.29, 1.82) is 0 Å². The summed E-state index contributed by atoms with van der Waals surface area (Å²) in [5.74, 6) is -0.259. The van der Waals surface area contributed by atoms with Crippen molar-refractivity contribution in [2.24, 2.45) is 5.14 Å². The van der Waals surface area contributed by atoms with E-state index in [0.29, 0.717) is 6.54 Å². The number of hydrogen-bond acceptors (Lipinski definition) is 3. The van der Waals surface area contributed by atoms with Crippen molar-refractivity contribution in [3.8, 4) is 0 Å². The van der Waals surface area contributed by atoms with Gasteiger partial charge in [-0.3, -0.25) is 0 Å². The SMILES string of the molecule is CC(NCc1ccc(F)cc1)c1ccc(S(N)(=O)=O)cc1. The average Bonchev–Trinajstić information content (AvgIpc) is 2.45. The molecule has 0 radical (unpaired) electrons. The van der Waals surface area contributed by atoms with Crippen molar-refractivity contribution in [2.75, 3.05) is 0 Å². The topological polar surface area (TPSA) is 72.2 Å². The minimum absolute atomic E-state index is 0.0320. The Hall–Kier alpha value is -1.76. The van der Waals surface area contributed by atoms with E-state index in [1.165, 1.54) is 24.3 Å². The maximum absolute atomic E-state index is 12.8. The molecule has 0 aliphatic carbocycles. The third-order valence-corrected chi connectivity index (χ3v) is 4.16. The van der Waals surface area contributed by atoms with Crippen molar-refractivity contribution >= 4 is 10.0 Å². The van der Waals surface area contributed by atoms with Crippen LogP contribution in [0.2, 0.25) is 0 Å². The van der Waals surface area contributed by atoms with Gasteiger partial charge in [0.1, 0.15) is 5.82 Å². The molecule has 2 rings (SSSR count). The highest BCUT2D eigenvalue weighted by atomic mass is 32.2. The number of hydrogen-bond donors (Lipinski definition) is 2. The van der Waals surface area contributed by atoms with E-state index in [9.17, 15) is 12.8 Å². The molecule has 0 aromatic heterocycles. The Morgan fingerprint density at radius 3 is 2.19 bits per heavy atom.